The van der Waals surface area contributed by atoms with Gasteiger partial charge in [0.05, 0.1) is 19.8 Å². The van der Waals surface area contributed by atoms with E-state index < -0.39 is 11.7 Å². The molecule has 0 spiro atoms. The number of benzene rings is 2. The molecule has 2 aromatic rings. The molecule has 4 nitrogen and oxygen atoms in total. The number of amides is 1. The average molecular weight is 397 g/mol. The van der Waals surface area contributed by atoms with Crippen LogP contribution in [0.5, 0.6) is 11.5 Å². The molecule has 3 rings (SSSR count). The molecule has 0 bridgehead atoms. The highest BCUT2D eigenvalue weighted by atomic mass is 32.2. The second-order valence-electron chi connectivity index (χ2n) is 5.90. The fourth-order valence-corrected chi connectivity index (χ4v) is 4.21. The van der Waals surface area contributed by atoms with Crippen LogP contribution in [0.1, 0.15) is 26.9 Å². The van der Waals surface area contributed by atoms with E-state index in [0.29, 0.717) is 18.0 Å². The van der Waals surface area contributed by atoms with E-state index in [1.807, 2.05) is 6.07 Å². The number of carbonyl (C=O) groups excluding carboxylic acids is 1. The van der Waals surface area contributed by atoms with E-state index in [1.54, 1.807) is 43.0 Å². The topological polar surface area (TPSA) is 38.8 Å². The van der Waals surface area contributed by atoms with Crippen molar-refractivity contribution in [2.75, 3.05) is 26.5 Å². The molecule has 1 atom stereocenters. The fraction of sp³-hybridized carbons (Fsp3) is 0.316. The summed E-state index contributed by atoms with van der Waals surface area (Å²) in [7, 11) is 3.10. The van der Waals surface area contributed by atoms with Crippen molar-refractivity contribution in [1.82, 2.24) is 4.90 Å². The number of halogens is 3. The van der Waals surface area contributed by atoms with Crippen molar-refractivity contribution in [2.24, 2.45) is 0 Å². The van der Waals surface area contributed by atoms with Gasteiger partial charge in [0.1, 0.15) is 16.9 Å². The van der Waals surface area contributed by atoms with Crippen molar-refractivity contribution < 1.29 is 27.4 Å². The van der Waals surface area contributed by atoms with Gasteiger partial charge in [-0.2, -0.15) is 13.2 Å². The minimum absolute atomic E-state index is 0.225. The molecular weight excluding hydrogens is 379 g/mol. The lowest BCUT2D eigenvalue weighted by Crippen LogP contribution is -2.30. The van der Waals surface area contributed by atoms with Crippen LogP contribution in [0.15, 0.2) is 42.5 Å². The third-order valence-electron chi connectivity index (χ3n) is 4.32. The number of rotatable bonds is 4. The smallest absolute Gasteiger partial charge is 0.416 e. The van der Waals surface area contributed by atoms with E-state index in [0.717, 1.165) is 23.4 Å². The highest BCUT2D eigenvalue weighted by molar-refractivity contribution is 7.99. The van der Waals surface area contributed by atoms with Crippen LogP contribution in [0.2, 0.25) is 0 Å². The van der Waals surface area contributed by atoms with Crippen LogP contribution in [0.3, 0.4) is 0 Å². The van der Waals surface area contributed by atoms with Gasteiger partial charge in [-0.05, 0) is 36.4 Å². The molecule has 27 heavy (non-hydrogen) atoms. The van der Waals surface area contributed by atoms with Gasteiger partial charge in [0.15, 0.2) is 0 Å². The molecule has 1 amide bonds. The monoisotopic (exact) mass is 397 g/mol. The van der Waals surface area contributed by atoms with Gasteiger partial charge in [-0.1, -0.05) is 0 Å². The van der Waals surface area contributed by atoms with Crippen LogP contribution in [-0.4, -0.2) is 37.3 Å². The number of thioether (sulfide) groups is 1. The van der Waals surface area contributed by atoms with Gasteiger partial charge in [-0.25, -0.2) is 0 Å². The second-order valence-corrected chi connectivity index (χ2v) is 7.09. The minimum atomic E-state index is -4.43. The first-order valence-corrected chi connectivity index (χ1v) is 9.22. The summed E-state index contributed by atoms with van der Waals surface area (Å²) in [5.41, 5.74) is 0.271. The normalized spacial score (nSPS) is 17.1. The number of nitrogens with zero attached hydrogens (tertiary/aromatic N) is 1. The molecule has 1 saturated heterocycles. The number of carbonyl (C=O) groups is 1. The predicted octanol–water partition coefficient (Wildman–Crippen LogP) is 4.61. The Morgan fingerprint density at radius 1 is 1.11 bits per heavy atom. The summed E-state index contributed by atoms with van der Waals surface area (Å²) in [6.07, 6.45) is -4.43. The highest BCUT2D eigenvalue weighted by Gasteiger charge is 2.34. The van der Waals surface area contributed by atoms with Crippen LogP contribution in [-0.2, 0) is 6.18 Å². The summed E-state index contributed by atoms with van der Waals surface area (Å²) >= 11 is 1.58. The maximum absolute atomic E-state index is 12.9. The van der Waals surface area contributed by atoms with Gasteiger partial charge < -0.3 is 14.4 Å². The lowest BCUT2D eigenvalue weighted by molar-refractivity contribution is -0.137. The molecule has 0 radical (unpaired) electrons. The molecule has 0 N–H and O–H groups in total. The fourth-order valence-electron chi connectivity index (χ4n) is 2.93. The third kappa shape index (κ3) is 4.00. The van der Waals surface area contributed by atoms with Crippen molar-refractivity contribution in [1.29, 1.82) is 0 Å². The highest BCUT2D eigenvalue weighted by Crippen LogP contribution is 2.43. The van der Waals surface area contributed by atoms with E-state index in [-0.39, 0.29) is 16.8 Å². The number of ether oxygens (including phenoxy) is 2. The van der Waals surface area contributed by atoms with E-state index >= 15 is 0 Å². The molecule has 1 aliphatic heterocycles. The molecule has 0 unspecified atom stereocenters. The van der Waals surface area contributed by atoms with Crippen molar-refractivity contribution in [3.05, 3.63) is 59.2 Å². The van der Waals surface area contributed by atoms with Crippen molar-refractivity contribution in [2.45, 2.75) is 11.6 Å². The van der Waals surface area contributed by atoms with Crippen LogP contribution in [0.25, 0.3) is 0 Å². The van der Waals surface area contributed by atoms with E-state index in [2.05, 4.69) is 0 Å². The largest absolute Gasteiger partial charge is 0.497 e. The summed E-state index contributed by atoms with van der Waals surface area (Å²) in [6.45, 7) is 0.504. The zero-order valence-electron chi connectivity index (χ0n) is 14.7. The summed E-state index contributed by atoms with van der Waals surface area (Å²) in [5.74, 6) is 1.65. The SMILES string of the molecule is COc1ccc([C@H]2SCCN2C(=O)c2ccc(C(F)(F)F)cc2)c(OC)c1. The number of methoxy groups -OCH3 is 2. The van der Waals surface area contributed by atoms with Gasteiger partial charge in [-0.15, -0.1) is 11.8 Å². The Kier molecular flexibility index (Phi) is 5.55. The molecule has 1 heterocycles. The van der Waals surface area contributed by atoms with Gasteiger partial charge in [0, 0.05) is 29.5 Å². The van der Waals surface area contributed by atoms with Crippen LogP contribution in [0.4, 0.5) is 13.2 Å². The molecule has 144 valence electrons. The first-order chi connectivity index (χ1) is 12.8. The molecular formula is C19H18F3NO3S. The van der Waals surface area contributed by atoms with Crippen molar-refractivity contribution >= 4 is 17.7 Å². The molecule has 8 heteroatoms. The van der Waals surface area contributed by atoms with Crippen LogP contribution >= 0.6 is 11.8 Å². The summed E-state index contributed by atoms with van der Waals surface area (Å²) in [6, 6.07) is 9.67. The Bertz CT molecular complexity index is 824. The Morgan fingerprint density at radius 3 is 2.41 bits per heavy atom. The zero-order chi connectivity index (χ0) is 19.6. The van der Waals surface area contributed by atoms with Gasteiger partial charge in [-0.3, -0.25) is 4.79 Å². The van der Waals surface area contributed by atoms with Crippen molar-refractivity contribution in [3.8, 4) is 11.5 Å². The predicted molar refractivity (Wildman–Crippen MR) is 97.2 cm³/mol. The Balaban J connectivity index is 1.87. The lowest BCUT2D eigenvalue weighted by atomic mass is 10.1. The van der Waals surface area contributed by atoms with Gasteiger partial charge in [0.2, 0.25) is 0 Å². The van der Waals surface area contributed by atoms with Crippen LogP contribution < -0.4 is 9.47 Å². The van der Waals surface area contributed by atoms with Crippen LogP contribution in [0, 0.1) is 0 Å². The van der Waals surface area contributed by atoms with E-state index in [1.165, 1.54) is 12.1 Å². The quantitative estimate of drug-likeness (QED) is 0.755. The second kappa shape index (κ2) is 7.72. The first kappa shape index (κ1) is 19.4. The average Bonchev–Trinajstić information content (AvgIpc) is 3.15. The Morgan fingerprint density at radius 2 is 1.81 bits per heavy atom. The number of hydrogen-bond acceptors (Lipinski definition) is 4. The zero-order valence-corrected chi connectivity index (χ0v) is 15.6. The third-order valence-corrected chi connectivity index (χ3v) is 5.56. The molecule has 0 aliphatic carbocycles. The van der Waals surface area contributed by atoms with Gasteiger partial charge in [0.25, 0.3) is 5.91 Å². The van der Waals surface area contributed by atoms with Gasteiger partial charge >= 0.3 is 6.18 Å². The molecule has 1 aliphatic rings. The molecule has 0 aromatic heterocycles. The van der Waals surface area contributed by atoms with Crippen molar-refractivity contribution in [3.63, 3.8) is 0 Å². The van der Waals surface area contributed by atoms with E-state index in [4.69, 9.17) is 9.47 Å². The maximum Gasteiger partial charge on any atom is 0.416 e. The Labute approximate surface area is 159 Å². The summed E-state index contributed by atoms with van der Waals surface area (Å²) in [4.78, 5) is 14.5. The van der Waals surface area contributed by atoms with E-state index in [9.17, 15) is 18.0 Å². The number of hydrogen-bond donors (Lipinski definition) is 0. The summed E-state index contributed by atoms with van der Waals surface area (Å²) < 4.78 is 48.8. The molecule has 1 fully saturated rings. The number of alkyl halides is 3. The minimum Gasteiger partial charge on any atom is -0.497 e. The summed E-state index contributed by atoms with van der Waals surface area (Å²) in [5, 5.41) is -0.277. The molecule has 2 aromatic carbocycles. The first-order valence-electron chi connectivity index (χ1n) is 8.17. The maximum atomic E-state index is 12.9. The lowest BCUT2D eigenvalue weighted by Gasteiger charge is -2.26. The Hall–Kier alpha value is -2.35. The molecule has 0 saturated carbocycles. The standard InChI is InChI=1S/C19H18F3NO3S/c1-25-14-7-8-15(16(11-14)26-2)18-23(9-10-27-18)17(24)12-3-5-13(6-4-12)19(20,21)22/h3-8,11,18H,9-10H2,1-2H3/t18-/m1/s1.